The number of aliphatic hydroxyl groups excluding tert-OH is 3. The zero-order valence-corrected chi connectivity index (χ0v) is 9.64. The summed E-state index contributed by atoms with van der Waals surface area (Å²) >= 11 is 0. The molecule has 1 aromatic rings. The number of hydrogen-bond donors (Lipinski definition) is 4. The Morgan fingerprint density at radius 1 is 1.31 bits per heavy atom. The zero-order valence-electron chi connectivity index (χ0n) is 9.64. The number of aliphatic hydroxyl groups is 3. The van der Waals surface area contributed by atoms with Gasteiger partial charge in [0.25, 0.3) is 0 Å². The van der Waals surface area contributed by atoms with E-state index in [4.69, 9.17) is 5.11 Å². The largest absolute Gasteiger partial charge is 0.392 e. The number of likely N-dealkylation sites (N-methyl/N-ethyl adjacent to an activating group) is 1. The Hall–Kier alpha value is -0.940. The minimum atomic E-state index is -0.932. The van der Waals surface area contributed by atoms with E-state index in [0.29, 0.717) is 12.1 Å². The van der Waals surface area contributed by atoms with E-state index >= 15 is 0 Å². The topological polar surface area (TPSA) is 72.7 Å². The molecule has 90 valence electrons. The van der Waals surface area contributed by atoms with Crippen molar-refractivity contribution < 1.29 is 15.3 Å². The van der Waals surface area contributed by atoms with E-state index in [9.17, 15) is 10.2 Å². The van der Waals surface area contributed by atoms with Crippen LogP contribution in [0.5, 0.6) is 0 Å². The van der Waals surface area contributed by atoms with Gasteiger partial charge < -0.3 is 20.6 Å². The van der Waals surface area contributed by atoms with E-state index < -0.39 is 12.2 Å². The fourth-order valence-corrected chi connectivity index (χ4v) is 1.72. The molecule has 0 heterocycles. The van der Waals surface area contributed by atoms with Crippen LogP contribution in [0.25, 0.3) is 0 Å². The third kappa shape index (κ3) is 2.80. The summed E-state index contributed by atoms with van der Waals surface area (Å²) in [6.45, 7) is 2.09. The molecule has 4 nitrogen and oxygen atoms in total. The van der Waals surface area contributed by atoms with Crippen molar-refractivity contribution in [2.24, 2.45) is 0 Å². The van der Waals surface area contributed by atoms with Crippen LogP contribution >= 0.6 is 0 Å². The van der Waals surface area contributed by atoms with Crippen LogP contribution < -0.4 is 5.32 Å². The number of nitrogens with one attached hydrogen (secondary N) is 1. The summed E-state index contributed by atoms with van der Waals surface area (Å²) in [5.74, 6) is 0. The van der Waals surface area contributed by atoms with E-state index in [1.807, 2.05) is 6.92 Å². The summed E-state index contributed by atoms with van der Waals surface area (Å²) < 4.78 is 0. The van der Waals surface area contributed by atoms with Crippen LogP contribution in [0.2, 0.25) is 0 Å². The summed E-state index contributed by atoms with van der Waals surface area (Å²) in [5, 5.41) is 31.6. The zero-order chi connectivity index (χ0) is 12.1. The lowest BCUT2D eigenvalue weighted by Gasteiger charge is -2.20. The molecule has 0 radical (unpaired) electrons. The van der Waals surface area contributed by atoms with Gasteiger partial charge in [-0.2, -0.15) is 0 Å². The van der Waals surface area contributed by atoms with Gasteiger partial charge in [0, 0.05) is 6.54 Å². The van der Waals surface area contributed by atoms with Gasteiger partial charge in [0.1, 0.15) is 6.10 Å². The molecule has 4 heteroatoms. The first-order valence-electron chi connectivity index (χ1n) is 5.31. The molecule has 0 amide bonds. The maximum atomic E-state index is 9.95. The molecule has 0 aromatic heterocycles. The molecule has 4 N–H and O–H groups in total. The fourth-order valence-electron chi connectivity index (χ4n) is 1.72. The molecule has 0 aliphatic rings. The Morgan fingerprint density at radius 3 is 2.56 bits per heavy atom. The van der Waals surface area contributed by atoms with Crippen molar-refractivity contribution in [2.45, 2.75) is 25.7 Å². The molecule has 2 atom stereocenters. The third-order valence-corrected chi connectivity index (χ3v) is 2.75. The molecule has 16 heavy (non-hydrogen) atoms. The highest BCUT2D eigenvalue weighted by Crippen LogP contribution is 2.23. The normalized spacial score (nSPS) is 14.8. The molecular formula is C12H19NO3. The molecular weight excluding hydrogens is 206 g/mol. The monoisotopic (exact) mass is 225 g/mol. The lowest BCUT2D eigenvalue weighted by Crippen LogP contribution is -2.30. The Morgan fingerprint density at radius 2 is 2.00 bits per heavy atom. The highest BCUT2D eigenvalue weighted by atomic mass is 16.3. The standard InChI is InChI=1S/C12H19NO3/c1-8-9(7-14)4-3-5-10(8)12(16)11(15)6-13-2/h3-5,11-16H,6-7H2,1-2H3. The lowest BCUT2D eigenvalue weighted by atomic mass is 9.96. The summed E-state index contributed by atoms with van der Waals surface area (Å²) in [5.41, 5.74) is 2.26. The molecule has 0 aliphatic heterocycles. The van der Waals surface area contributed by atoms with E-state index in [2.05, 4.69) is 5.32 Å². The smallest absolute Gasteiger partial charge is 0.106 e. The van der Waals surface area contributed by atoms with E-state index in [0.717, 1.165) is 11.1 Å². The first kappa shape index (κ1) is 13.1. The van der Waals surface area contributed by atoms with Gasteiger partial charge in [-0.05, 0) is 30.7 Å². The highest BCUT2D eigenvalue weighted by molar-refractivity contribution is 5.35. The van der Waals surface area contributed by atoms with Crippen LogP contribution in [0.1, 0.15) is 22.8 Å². The second-order valence-electron chi connectivity index (χ2n) is 3.86. The molecule has 0 saturated heterocycles. The van der Waals surface area contributed by atoms with Gasteiger partial charge >= 0.3 is 0 Å². The van der Waals surface area contributed by atoms with Crippen molar-refractivity contribution in [3.63, 3.8) is 0 Å². The number of hydrogen-bond acceptors (Lipinski definition) is 4. The SMILES string of the molecule is CNCC(O)C(O)c1cccc(CO)c1C. The Balaban J connectivity index is 2.94. The van der Waals surface area contributed by atoms with Crippen LogP contribution in [0.15, 0.2) is 18.2 Å². The summed E-state index contributed by atoms with van der Waals surface area (Å²) in [7, 11) is 1.72. The predicted molar refractivity (Wildman–Crippen MR) is 62.0 cm³/mol. The van der Waals surface area contributed by atoms with E-state index in [1.54, 1.807) is 25.2 Å². The highest BCUT2D eigenvalue weighted by Gasteiger charge is 2.19. The Labute approximate surface area is 95.6 Å². The first-order valence-corrected chi connectivity index (χ1v) is 5.31. The van der Waals surface area contributed by atoms with Crippen molar-refractivity contribution in [3.05, 3.63) is 34.9 Å². The maximum absolute atomic E-state index is 9.95. The van der Waals surface area contributed by atoms with Crippen molar-refractivity contribution in [1.29, 1.82) is 0 Å². The second kappa shape index (κ2) is 5.96. The van der Waals surface area contributed by atoms with Gasteiger partial charge in [0.15, 0.2) is 0 Å². The van der Waals surface area contributed by atoms with Gasteiger partial charge in [0.2, 0.25) is 0 Å². The molecule has 0 aliphatic carbocycles. The average molecular weight is 225 g/mol. The summed E-state index contributed by atoms with van der Waals surface area (Å²) in [4.78, 5) is 0. The van der Waals surface area contributed by atoms with Gasteiger partial charge in [-0.25, -0.2) is 0 Å². The molecule has 0 spiro atoms. The Bertz CT molecular complexity index is 341. The van der Waals surface area contributed by atoms with Crippen molar-refractivity contribution in [2.75, 3.05) is 13.6 Å². The summed E-state index contributed by atoms with van der Waals surface area (Å²) in [6.07, 6.45) is -1.78. The van der Waals surface area contributed by atoms with E-state index in [-0.39, 0.29) is 6.61 Å². The summed E-state index contributed by atoms with van der Waals surface area (Å²) in [6, 6.07) is 5.33. The van der Waals surface area contributed by atoms with Gasteiger partial charge in [-0.3, -0.25) is 0 Å². The van der Waals surface area contributed by atoms with Crippen LogP contribution in [-0.2, 0) is 6.61 Å². The first-order chi connectivity index (χ1) is 7.61. The number of rotatable bonds is 5. The fraction of sp³-hybridized carbons (Fsp3) is 0.500. The van der Waals surface area contributed by atoms with Crippen molar-refractivity contribution in [1.82, 2.24) is 5.32 Å². The third-order valence-electron chi connectivity index (χ3n) is 2.75. The molecule has 1 rings (SSSR count). The minimum Gasteiger partial charge on any atom is -0.392 e. The minimum absolute atomic E-state index is 0.0610. The second-order valence-corrected chi connectivity index (χ2v) is 3.86. The van der Waals surface area contributed by atoms with Gasteiger partial charge in [-0.15, -0.1) is 0 Å². The van der Waals surface area contributed by atoms with Crippen molar-refractivity contribution >= 4 is 0 Å². The molecule has 0 bridgehead atoms. The van der Waals surface area contributed by atoms with Crippen LogP contribution in [0.3, 0.4) is 0 Å². The van der Waals surface area contributed by atoms with Crippen LogP contribution in [0, 0.1) is 6.92 Å². The maximum Gasteiger partial charge on any atom is 0.106 e. The average Bonchev–Trinajstić information content (AvgIpc) is 2.29. The van der Waals surface area contributed by atoms with E-state index in [1.165, 1.54) is 0 Å². The molecule has 2 unspecified atom stereocenters. The van der Waals surface area contributed by atoms with Crippen LogP contribution in [-0.4, -0.2) is 35.0 Å². The number of benzene rings is 1. The van der Waals surface area contributed by atoms with Crippen molar-refractivity contribution in [3.8, 4) is 0 Å². The molecule has 0 saturated carbocycles. The van der Waals surface area contributed by atoms with Gasteiger partial charge in [-0.1, -0.05) is 18.2 Å². The quantitative estimate of drug-likeness (QED) is 0.573. The Kier molecular flexibility index (Phi) is 4.89. The predicted octanol–water partition coefficient (Wildman–Crippen LogP) is 0.101. The lowest BCUT2D eigenvalue weighted by molar-refractivity contribution is 0.0197. The molecule has 1 aromatic carbocycles. The van der Waals surface area contributed by atoms with Gasteiger partial charge in [0.05, 0.1) is 12.7 Å². The molecule has 0 fully saturated rings. The van der Waals surface area contributed by atoms with Crippen LogP contribution in [0.4, 0.5) is 0 Å².